The zero-order valence-electron chi connectivity index (χ0n) is 13.4. The molecule has 0 aliphatic carbocycles. The van der Waals surface area contributed by atoms with E-state index >= 15 is 0 Å². The minimum absolute atomic E-state index is 0.0217. The van der Waals surface area contributed by atoms with Crippen LogP contribution in [0.15, 0.2) is 16.9 Å². The highest BCUT2D eigenvalue weighted by molar-refractivity contribution is 6.40. The Kier molecular flexibility index (Phi) is 6.12. The second kappa shape index (κ2) is 7.92. The van der Waals surface area contributed by atoms with Gasteiger partial charge in [0.15, 0.2) is 5.75 Å². The Bertz CT molecular complexity index is 922. The monoisotopic (exact) mass is 398 g/mol. The Hall–Kier alpha value is -2.00. The standard InChI is InChI=1S/C17H13Cl3N2O3/c1-8-11(9(2)22-17(24)12(8)7-21)3-4-15(23)25-16-13(19)5-10(18)6-14(16)20/h5-6H,3-4H2,1-2H3,(H,22,24). The van der Waals surface area contributed by atoms with Crippen LogP contribution in [0.1, 0.15) is 28.8 Å². The smallest absolute Gasteiger partial charge is 0.311 e. The largest absolute Gasteiger partial charge is 0.423 e. The molecule has 0 saturated carbocycles. The van der Waals surface area contributed by atoms with Crippen molar-refractivity contribution in [2.45, 2.75) is 26.7 Å². The molecule has 0 spiro atoms. The molecule has 2 aromatic rings. The van der Waals surface area contributed by atoms with Gasteiger partial charge in [-0.25, -0.2) is 0 Å². The van der Waals surface area contributed by atoms with E-state index in [2.05, 4.69) is 4.98 Å². The zero-order chi connectivity index (χ0) is 18.7. The molecule has 25 heavy (non-hydrogen) atoms. The first kappa shape index (κ1) is 19.3. The summed E-state index contributed by atoms with van der Waals surface area (Å²) < 4.78 is 5.21. The van der Waals surface area contributed by atoms with Crippen LogP contribution in [-0.4, -0.2) is 11.0 Å². The molecule has 0 radical (unpaired) electrons. The molecule has 2 rings (SSSR count). The number of hydrogen-bond donors (Lipinski definition) is 1. The van der Waals surface area contributed by atoms with Crippen LogP contribution in [0.2, 0.25) is 15.1 Å². The Morgan fingerprint density at radius 3 is 2.40 bits per heavy atom. The summed E-state index contributed by atoms with van der Waals surface area (Å²) in [6.45, 7) is 3.39. The molecule has 130 valence electrons. The molecule has 1 heterocycles. The lowest BCUT2D eigenvalue weighted by Gasteiger charge is -2.12. The number of esters is 1. The summed E-state index contributed by atoms with van der Waals surface area (Å²) in [5.41, 5.74) is 1.48. The summed E-state index contributed by atoms with van der Waals surface area (Å²) in [6, 6.07) is 4.72. The average molecular weight is 400 g/mol. The van der Waals surface area contributed by atoms with E-state index < -0.39 is 11.5 Å². The highest BCUT2D eigenvalue weighted by Gasteiger charge is 2.16. The van der Waals surface area contributed by atoms with Crippen molar-refractivity contribution < 1.29 is 9.53 Å². The number of nitrogens with zero attached hydrogens (tertiary/aromatic N) is 1. The second-order valence-electron chi connectivity index (χ2n) is 5.34. The molecule has 0 bridgehead atoms. The Labute approximate surface area is 159 Å². The Balaban J connectivity index is 2.17. The number of nitriles is 1. The van der Waals surface area contributed by atoms with Crippen LogP contribution in [0.4, 0.5) is 0 Å². The van der Waals surface area contributed by atoms with Gasteiger partial charge in [-0.05, 0) is 43.5 Å². The van der Waals surface area contributed by atoms with Crippen molar-refractivity contribution >= 4 is 40.8 Å². The first-order valence-corrected chi connectivity index (χ1v) is 8.35. The second-order valence-corrected chi connectivity index (χ2v) is 6.59. The number of aromatic amines is 1. The highest BCUT2D eigenvalue weighted by Crippen LogP contribution is 2.36. The first-order valence-electron chi connectivity index (χ1n) is 7.22. The predicted octanol–water partition coefficient (Wildman–Crippen LogP) is 4.36. The zero-order valence-corrected chi connectivity index (χ0v) is 15.6. The molecule has 8 heteroatoms. The van der Waals surface area contributed by atoms with Gasteiger partial charge >= 0.3 is 5.97 Å². The van der Waals surface area contributed by atoms with E-state index in [1.807, 2.05) is 6.07 Å². The first-order chi connectivity index (χ1) is 11.7. The number of halogens is 3. The SMILES string of the molecule is Cc1[nH]c(=O)c(C#N)c(C)c1CCC(=O)Oc1c(Cl)cc(Cl)cc1Cl. The fourth-order valence-electron chi connectivity index (χ4n) is 2.44. The van der Waals surface area contributed by atoms with Crippen LogP contribution in [0.5, 0.6) is 5.75 Å². The van der Waals surface area contributed by atoms with E-state index in [4.69, 9.17) is 44.8 Å². The highest BCUT2D eigenvalue weighted by atomic mass is 35.5. The molecule has 0 aliphatic rings. The molecule has 0 saturated heterocycles. The number of aromatic nitrogens is 1. The van der Waals surface area contributed by atoms with Crippen molar-refractivity contribution in [3.8, 4) is 11.8 Å². The van der Waals surface area contributed by atoms with Gasteiger partial charge in [-0.3, -0.25) is 9.59 Å². The van der Waals surface area contributed by atoms with E-state index in [0.717, 1.165) is 5.56 Å². The van der Waals surface area contributed by atoms with Crippen molar-refractivity contribution in [3.63, 3.8) is 0 Å². The summed E-state index contributed by atoms with van der Waals surface area (Å²) in [5, 5.41) is 9.67. The average Bonchev–Trinajstić information content (AvgIpc) is 2.50. The molecule has 0 atom stereocenters. The number of pyridine rings is 1. The van der Waals surface area contributed by atoms with Crippen LogP contribution in [-0.2, 0) is 11.2 Å². The summed E-state index contributed by atoms with van der Waals surface area (Å²) >= 11 is 17.8. The van der Waals surface area contributed by atoms with Gasteiger partial charge < -0.3 is 9.72 Å². The fraction of sp³-hybridized carbons (Fsp3) is 0.235. The lowest BCUT2D eigenvalue weighted by Crippen LogP contribution is -2.18. The van der Waals surface area contributed by atoms with E-state index in [1.165, 1.54) is 12.1 Å². The van der Waals surface area contributed by atoms with Gasteiger partial charge in [-0.15, -0.1) is 0 Å². The third-order valence-electron chi connectivity index (χ3n) is 3.68. The van der Waals surface area contributed by atoms with Crippen LogP contribution >= 0.6 is 34.8 Å². The van der Waals surface area contributed by atoms with Gasteiger partial charge in [0.05, 0.1) is 16.5 Å². The number of carbonyl (C=O) groups excluding carboxylic acids is 1. The normalized spacial score (nSPS) is 10.4. The van der Waals surface area contributed by atoms with E-state index in [0.29, 0.717) is 22.7 Å². The molecule has 0 unspecified atom stereocenters. The minimum Gasteiger partial charge on any atom is -0.423 e. The maximum Gasteiger partial charge on any atom is 0.311 e. The number of rotatable bonds is 4. The van der Waals surface area contributed by atoms with Crippen molar-refractivity contribution in [2.75, 3.05) is 0 Å². The molecule has 5 nitrogen and oxygen atoms in total. The summed E-state index contributed by atoms with van der Waals surface area (Å²) in [5.74, 6) is -0.500. The molecule has 1 aromatic carbocycles. The molecule has 1 N–H and O–H groups in total. The summed E-state index contributed by atoms with van der Waals surface area (Å²) in [7, 11) is 0. The van der Waals surface area contributed by atoms with Gasteiger partial charge in [0.25, 0.3) is 5.56 Å². The number of ether oxygens (including phenoxy) is 1. The van der Waals surface area contributed by atoms with Gasteiger partial charge in [0, 0.05) is 10.7 Å². The van der Waals surface area contributed by atoms with Crippen molar-refractivity contribution in [1.29, 1.82) is 5.26 Å². The van der Waals surface area contributed by atoms with Crippen molar-refractivity contribution in [3.05, 3.63) is 59.9 Å². The number of H-pyrrole nitrogens is 1. The molecular weight excluding hydrogens is 387 g/mol. The molecule has 0 amide bonds. The maximum absolute atomic E-state index is 12.1. The lowest BCUT2D eigenvalue weighted by molar-refractivity contribution is -0.134. The van der Waals surface area contributed by atoms with E-state index in [-0.39, 0.29) is 27.8 Å². The Morgan fingerprint density at radius 2 is 1.84 bits per heavy atom. The van der Waals surface area contributed by atoms with Crippen molar-refractivity contribution in [2.24, 2.45) is 0 Å². The number of benzene rings is 1. The summed E-state index contributed by atoms with van der Waals surface area (Å²) in [4.78, 5) is 26.4. The quantitative estimate of drug-likeness (QED) is 0.611. The predicted molar refractivity (Wildman–Crippen MR) is 96.7 cm³/mol. The number of hydrogen-bond acceptors (Lipinski definition) is 4. The maximum atomic E-state index is 12.1. The minimum atomic E-state index is -0.547. The van der Waals surface area contributed by atoms with Gasteiger partial charge in [-0.2, -0.15) is 5.26 Å². The van der Waals surface area contributed by atoms with Crippen LogP contribution in [0.25, 0.3) is 0 Å². The van der Waals surface area contributed by atoms with Gasteiger partial charge in [0.1, 0.15) is 11.6 Å². The van der Waals surface area contributed by atoms with E-state index in [1.54, 1.807) is 13.8 Å². The van der Waals surface area contributed by atoms with Crippen LogP contribution in [0, 0.1) is 25.2 Å². The molecular formula is C17H13Cl3N2O3. The van der Waals surface area contributed by atoms with E-state index in [9.17, 15) is 9.59 Å². The van der Waals surface area contributed by atoms with Crippen molar-refractivity contribution in [1.82, 2.24) is 4.98 Å². The lowest BCUT2D eigenvalue weighted by atomic mass is 9.99. The molecule has 0 fully saturated rings. The Morgan fingerprint density at radius 1 is 1.24 bits per heavy atom. The van der Waals surface area contributed by atoms with Gasteiger partial charge in [-0.1, -0.05) is 34.8 Å². The number of aryl methyl sites for hydroxylation is 1. The fourth-order valence-corrected chi connectivity index (χ4v) is 3.33. The third kappa shape index (κ3) is 4.35. The van der Waals surface area contributed by atoms with Gasteiger partial charge in [0.2, 0.25) is 0 Å². The topological polar surface area (TPSA) is 83.0 Å². The summed E-state index contributed by atoms with van der Waals surface area (Å²) in [6.07, 6.45) is 0.318. The number of nitrogens with one attached hydrogen (secondary N) is 1. The van der Waals surface area contributed by atoms with Crippen LogP contribution in [0.3, 0.4) is 0 Å². The molecule has 0 aliphatic heterocycles. The van der Waals surface area contributed by atoms with Crippen LogP contribution < -0.4 is 10.3 Å². The number of carbonyl (C=O) groups is 1. The molecule has 1 aromatic heterocycles. The third-order valence-corrected chi connectivity index (χ3v) is 4.46.